The predicted molar refractivity (Wildman–Crippen MR) is 99.7 cm³/mol. The summed E-state index contributed by atoms with van der Waals surface area (Å²) >= 11 is 2.66. The summed E-state index contributed by atoms with van der Waals surface area (Å²) in [6, 6.07) is 6.03. The minimum absolute atomic E-state index is 0.179. The lowest BCUT2D eigenvalue weighted by Gasteiger charge is -2.04. The van der Waals surface area contributed by atoms with E-state index in [0.29, 0.717) is 16.1 Å². The van der Waals surface area contributed by atoms with Crippen LogP contribution in [0.3, 0.4) is 0 Å². The van der Waals surface area contributed by atoms with Crippen LogP contribution in [-0.4, -0.2) is 36.6 Å². The van der Waals surface area contributed by atoms with E-state index in [1.165, 1.54) is 35.2 Å². The zero-order valence-electron chi connectivity index (χ0n) is 14.3. The van der Waals surface area contributed by atoms with Crippen LogP contribution >= 0.6 is 23.1 Å². The van der Waals surface area contributed by atoms with E-state index in [4.69, 9.17) is 0 Å². The van der Waals surface area contributed by atoms with E-state index in [1.54, 1.807) is 23.7 Å². The molecule has 26 heavy (non-hydrogen) atoms. The molecule has 1 N–H and O–H groups in total. The number of hydrogen-bond donors (Lipinski definition) is 1. The van der Waals surface area contributed by atoms with Crippen molar-refractivity contribution in [3.8, 4) is 11.4 Å². The Morgan fingerprint density at radius 2 is 2.00 bits per heavy atom. The number of thioether (sulfide) groups is 1. The van der Waals surface area contributed by atoms with Crippen LogP contribution in [0.1, 0.15) is 18.4 Å². The first-order valence-corrected chi connectivity index (χ1v) is 9.77. The Morgan fingerprint density at radius 3 is 2.73 bits per heavy atom. The van der Waals surface area contributed by atoms with E-state index < -0.39 is 0 Å². The van der Waals surface area contributed by atoms with Crippen LogP contribution < -0.4 is 5.32 Å². The first-order valence-electron chi connectivity index (χ1n) is 7.97. The van der Waals surface area contributed by atoms with Crippen molar-refractivity contribution in [1.82, 2.24) is 25.0 Å². The van der Waals surface area contributed by atoms with E-state index in [9.17, 15) is 9.18 Å². The average molecular weight is 392 g/mol. The maximum absolute atomic E-state index is 13.0. The molecule has 0 aliphatic heterocycles. The normalized spacial score (nSPS) is 10.9. The van der Waals surface area contributed by atoms with Gasteiger partial charge in [-0.15, -0.1) is 20.4 Å². The molecule has 136 valence electrons. The van der Waals surface area contributed by atoms with Crippen molar-refractivity contribution in [2.75, 3.05) is 11.1 Å². The number of aryl methyl sites for hydroxylation is 1. The summed E-state index contributed by atoms with van der Waals surface area (Å²) in [6.07, 6.45) is 1.84. The lowest BCUT2D eigenvalue weighted by Crippen LogP contribution is -2.14. The standard InChI is InChI=1S/C16H17FN6OS2/c1-3-4-13-19-21-15(26-13)18-12(24)9-25-16-22-20-14(23(16)2)10-5-7-11(17)8-6-10/h5-8H,3-4,9H2,1-2H3,(H,18,21,24). The Kier molecular flexibility index (Phi) is 5.94. The van der Waals surface area contributed by atoms with Gasteiger partial charge in [0.25, 0.3) is 0 Å². The molecule has 7 nitrogen and oxygen atoms in total. The third kappa shape index (κ3) is 4.44. The van der Waals surface area contributed by atoms with Gasteiger partial charge < -0.3 is 4.57 Å². The Labute approximate surface area is 158 Å². The number of rotatable bonds is 7. The van der Waals surface area contributed by atoms with Crippen molar-refractivity contribution in [1.29, 1.82) is 0 Å². The lowest BCUT2D eigenvalue weighted by molar-refractivity contribution is -0.113. The molecule has 10 heteroatoms. The van der Waals surface area contributed by atoms with Crippen molar-refractivity contribution < 1.29 is 9.18 Å². The fraction of sp³-hybridized carbons (Fsp3) is 0.312. The van der Waals surface area contributed by atoms with Crippen LogP contribution in [0.4, 0.5) is 9.52 Å². The highest BCUT2D eigenvalue weighted by Gasteiger charge is 2.14. The number of carbonyl (C=O) groups is 1. The fourth-order valence-electron chi connectivity index (χ4n) is 2.20. The number of carbonyl (C=O) groups excluding carboxylic acids is 1. The molecule has 1 aromatic carbocycles. The maximum Gasteiger partial charge on any atom is 0.236 e. The monoisotopic (exact) mass is 392 g/mol. The fourth-order valence-corrected chi connectivity index (χ4v) is 3.76. The lowest BCUT2D eigenvalue weighted by atomic mass is 10.2. The molecule has 0 saturated heterocycles. The topological polar surface area (TPSA) is 85.6 Å². The van der Waals surface area contributed by atoms with Crippen molar-refractivity contribution in [3.05, 3.63) is 35.1 Å². The largest absolute Gasteiger partial charge is 0.305 e. The summed E-state index contributed by atoms with van der Waals surface area (Å²) in [6.45, 7) is 2.07. The third-order valence-corrected chi connectivity index (χ3v) is 5.37. The summed E-state index contributed by atoms with van der Waals surface area (Å²) in [5.74, 6) is 0.306. The minimum Gasteiger partial charge on any atom is -0.305 e. The molecule has 0 saturated carbocycles. The molecule has 3 aromatic rings. The SMILES string of the molecule is CCCc1nnc(NC(=O)CSc2nnc(-c3ccc(F)cc3)n2C)s1. The summed E-state index contributed by atoms with van der Waals surface area (Å²) in [4.78, 5) is 12.1. The Morgan fingerprint density at radius 1 is 1.23 bits per heavy atom. The second-order valence-corrected chi connectivity index (χ2v) is 7.46. The van der Waals surface area contributed by atoms with Crippen LogP contribution in [0.15, 0.2) is 29.4 Å². The molecule has 0 bridgehead atoms. The smallest absolute Gasteiger partial charge is 0.236 e. The number of aromatic nitrogens is 5. The van der Waals surface area contributed by atoms with E-state index >= 15 is 0 Å². The molecule has 0 unspecified atom stereocenters. The molecular weight excluding hydrogens is 375 g/mol. The van der Waals surface area contributed by atoms with Gasteiger partial charge >= 0.3 is 0 Å². The van der Waals surface area contributed by atoms with Crippen LogP contribution in [-0.2, 0) is 18.3 Å². The van der Waals surface area contributed by atoms with Crippen LogP contribution in [0.5, 0.6) is 0 Å². The van der Waals surface area contributed by atoms with Gasteiger partial charge in [0, 0.05) is 19.0 Å². The van der Waals surface area contributed by atoms with Gasteiger partial charge in [0.05, 0.1) is 5.75 Å². The summed E-state index contributed by atoms with van der Waals surface area (Å²) in [5.41, 5.74) is 0.759. The zero-order chi connectivity index (χ0) is 18.5. The first kappa shape index (κ1) is 18.5. The van der Waals surface area contributed by atoms with Gasteiger partial charge in [-0.05, 0) is 30.7 Å². The number of nitrogens with one attached hydrogen (secondary N) is 1. The molecule has 0 aliphatic rings. The molecule has 0 radical (unpaired) electrons. The minimum atomic E-state index is -0.305. The molecule has 0 aliphatic carbocycles. The summed E-state index contributed by atoms with van der Waals surface area (Å²) in [5, 5.41) is 21.0. The summed E-state index contributed by atoms with van der Waals surface area (Å²) < 4.78 is 14.8. The second kappa shape index (κ2) is 8.37. The highest BCUT2D eigenvalue weighted by molar-refractivity contribution is 7.99. The Balaban J connectivity index is 1.59. The maximum atomic E-state index is 13.0. The van der Waals surface area contributed by atoms with Crippen LogP contribution in [0.2, 0.25) is 0 Å². The highest BCUT2D eigenvalue weighted by atomic mass is 32.2. The van der Waals surface area contributed by atoms with Crippen molar-refractivity contribution in [2.24, 2.45) is 7.05 Å². The van der Waals surface area contributed by atoms with Gasteiger partial charge in [0.2, 0.25) is 11.0 Å². The second-order valence-electron chi connectivity index (χ2n) is 5.46. The van der Waals surface area contributed by atoms with Gasteiger partial charge in [-0.25, -0.2) is 4.39 Å². The number of amides is 1. The number of benzene rings is 1. The molecule has 0 spiro atoms. The molecule has 1 amide bonds. The van der Waals surface area contributed by atoms with E-state index in [1.807, 2.05) is 0 Å². The van der Waals surface area contributed by atoms with Gasteiger partial charge in [-0.3, -0.25) is 10.1 Å². The molecular formula is C16H17FN6OS2. The van der Waals surface area contributed by atoms with Gasteiger partial charge in [0.1, 0.15) is 10.8 Å². The highest BCUT2D eigenvalue weighted by Crippen LogP contribution is 2.23. The van der Waals surface area contributed by atoms with Crippen molar-refractivity contribution in [3.63, 3.8) is 0 Å². The molecule has 2 aromatic heterocycles. The Hall–Kier alpha value is -2.33. The van der Waals surface area contributed by atoms with E-state index in [0.717, 1.165) is 23.4 Å². The number of anilines is 1. The number of hydrogen-bond acceptors (Lipinski definition) is 7. The zero-order valence-corrected chi connectivity index (χ0v) is 15.9. The van der Waals surface area contributed by atoms with E-state index in [-0.39, 0.29) is 17.5 Å². The summed E-state index contributed by atoms with van der Waals surface area (Å²) in [7, 11) is 1.81. The average Bonchev–Trinajstić information content (AvgIpc) is 3.21. The van der Waals surface area contributed by atoms with Crippen molar-refractivity contribution in [2.45, 2.75) is 24.9 Å². The third-order valence-electron chi connectivity index (χ3n) is 3.45. The number of nitrogens with zero attached hydrogens (tertiary/aromatic N) is 5. The van der Waals surface area contributed by atoms with E-state index in [2.05, 4.69) is 32.6 Å². The van der Waals surface area contributed by atoms with Gasteiger partial charge in [0.15, 0.2) is 11.0 Å². The van der Waals surface area contributed by atoms with Crippen LogP contribution in [0.25, 0.3) is 11.4 Å². The predicted octanol–water partition coefficient (Wildman–Crippen LogP) is 3.16. The quantitative estimate of drug-likeness (QED) is 0.622. The Bertz CT molecular complexity index is 893. The molecule has 3 rings (SSSR count). The van der Waals surface area contributed by atoms with Gasteiger partial charge in [-0.2, -0.15) is 0 Å². The number of halogens is 1. The first-order chi connectivity index (χ1) is 12.6. The molecule has 0 atom stereocenters. The van der Waals surface area contributed by atoms with Crippen molar-refractivity contribution >= 4 is 34.1 Å². The molecule has 0 fully saturated rings. The molecule has 2 heterocycles. The van der Waals surface area contributed by atoms with Crippen LogP contribution in [0, 0.1) is 5.82 Å². The van der Waals surface area contributed by atoms with Gasteiger partial charge in [-0.1, -0.05) is 30.0 Å².